The molecule has 3 N–H and O–H groups in total. The predicted octanol–water partition coefficient (Wildman–Crippen LogP) is -0.425. The van der Waals surface area contributed by atoms with Gasteiger partial charge in [-0.15, -0.1) is 0 Å². The Hall–Kier alpha value is -1.10. The molecule has 15 heavy (non-hydrogen) atoms. The smallest absolute Gasteiger partial charge is 0.307 e. The predicted molar refractivity (Wildman–Crippen MR) is 53.3 cm³/mol. The number of carbonyl (C=O) groups is 2. The van der Waals surface area contributed by atoms with Crippen LogP contribution < -0.4 is 10.6 Å². The lowest BCUT2D eigenvalue weighted by Gasteiger charge is -2.28. The number of aliphatic carboxylic acids is 1. The van der Waals surface area contributed by atoms with Crippen molar-refractivity contribution in [2.45, 2.75) is 25.3 Å². The van der Waals surface area contributed by atoms with E-state index in [-0.39, 0.29) is 23.8 Å². The first kappa shape index (κ1) is 10.4. The molecule has 5 heteroatoms. The molecule has 0 aromatic heterocycles. The minimum atomic E-state index is -0.784. The number of carboxylic acid groups (broad SMARTS) is 1. The molecule has 1 saturated heterocycles. The Kier molecular flexibility index (Phi) is 2.90. The van der Waals surface area contributed by atoms with Crippen LogP contribution in [0.2, 0.25) is 0 Å². The molecule has 0 aromatic carbocycles. The van der Waals surface area contributed by atoms with Crippen molar-refractivity contribution in [2.24, 2.45) is 11.8 Å². The lowest BCUT2D eigenvalue weighted by molar-refractivity contribution is -0.142. The fourth-order valence-electron chi connectivity index (χ4n) is 1.90. The average Bonchev–Trinajstić information content (AvgIpc) is 3.01. The molecular formula is C10H16N2O3. The summed E-state index contributed by atoms with van der Waals surface area (Å²) in [6, 6.07) is -0.0204. The first-order valence-corrected chi connectivity index (χ1v) is 5.40. The Bertz CT molecular complexity index is 276. The van der Waals surface area contributed by atoms with Crippen molar-refractivity contribution in [3.63, 3.8) is 0 Å². The molecule has 84 valence electrons. The molecule has 5 nitrogen and oxygen atoms in total. The van der Waals surface area contributed by atoms with Gasteiger partial charge in [0.1, 0.15) is 0 Å². The van der Waals surface area contributed by atoms with Gasteiger partial charge in [0, 0.05) is 25.0 Å². The molecule has 2 aliphatic rings. The number of piperidine rings is 1. The number of carbonyl (C=O) groups excluding carboxylic acids is 1. The van der Waals surface area contributed by atoms with Gasteiger partial charge in [0.05, 0.1) is 5.92 Å². The highest BCUT2D eigenvalue weighted by molar-refractivity contribution is 5.81. The summed E-state index contributed by atoms with van der Waals surface area (Å²) in [6.45, 7) is 1.19. The Balaban J connectivity index is 1.81. The Morgan fingerprint density at radius 2 is 1.93 bits per heavy atom. The zero-order valence-electron chi connectivity index (χ0n) is 8.53. The van der Waals surface area contributed by atoms with E-state index >= 15 is 0 Å². The third-order valence-corrected chi connectivity index (χ3v) is 2.99. The van der Waals surface area contributed by atoms with Crippen molar-refractivity contribution in [1.82, 2.24) is 10.6 Å². The Labute approximate surface area is 88.2 Å². The van der Waals surface area contributed by atoms with Crippen molar-refractivity contribution in [2.75, 3.05) is 13.1 Å². The highest BCUT2D eigenvalue weighted by atomic mass is 16.4. The van der Waals surface area contributed by atoms with E-state index in [9.17, 15) is 9.59 Å². The highest BCUT2D eigenvalue weighted by Gasteiger charge is 2.33. The standard InChI is InChI=1S/C10H16N2O3/c13-9(6-1-2-6)12-8-3-7(10(14)15)4-11-5-8/h6-8,11H,1-5H2,(H,12,13)(H,14,15). The van der Waals surface area contributed by atoms with Gasteiger partial charge >= 0.3 is 5.97 Å². The first-order valence-electron chi connectivity index (χ1n) is 5.40. The molecule has 0 spiro atoms. The maximum Gasteiger partial charge on any atom is 0.307 e. The van der Waals surface area contributed by atoms with Crippen molar-refractivity contribution in [3.8, 4) is 0 Å². The summed E-state index contributed by atoms with van der Waals surface area (Å²) < 4.78 is 0. The number of rotatable bonds is 3. The molecule has 1 heterocycles. The molecule has 2 atom stereocenters. The monoisotopic (exact) mass is 212 g/mol. The van der Waals surface area contributed by atoms with Crippen LogP contribution in [-0.2, 0) is 9.59 Å². The van der Waals surface area contributed by atoms with Crippen LogP contribution in [0.4, 0.5) is 0 Å². The average molecular weight is 212 g/mol. The minimum absolute atomic E-state index is 0.0204. The number of amides is 1. The van der Waals surface area contributed by atoms with E-state index in [1.165, 1.54) is 0 Å². The van der Waals surface area contributed by atoms with E-state index in [0.717, 1.165) is 12.8 Å². The zero-order chi connectivity index (χ0) is 10.8. The fourth-order valence-corrected chi connectivity index (χ4v) is 1.90. The summed E-state index contributed by atoms with van der Waals surface area (Å²) in [5.74, 6) is -0.876. The molecule has 1 amide bonds. The number of hydrogen-bond acceptors (Lipinski definition) is 3. The first-order chi connectivity index (χ1) is 7.16. The van der Waals surface area contributed by atoms with Gasteiger partial charge < -0.3 is 15.7 Å². The van der Waals surface area contributed by atoms with Gasteiger partial charge in [-0.25, -0.2) is 0 Å². The second kappa shape index (κ2) is 4.18. The summed E-state index contributed by atoms with van der Waals surface area (Å²) in [4.78, 5) is 22.2. The van der Waals surface area contributed by atoms with Crippen molar-refractivity contribution in [3.05, 3.63) is 0 Å². The van der Waals surface area contributed by atoms with Crippen LogP contribution in [0, 0.1) is 11.8 Å². The lowest BCUT2D eigenvalue weighted by atomic mass is 9.96. The number of hydrogen-bond donors (Lipinski definition) is 3. The van der Waals surface area contributed by atoms with E-state index in [1.807, 2.05) is 0 Å². The maximum absolute atomic E-state index is 11.5. The van der Waals surface area contributed by atoms with Crippen molar-refractivity contribution >= 4 is 11.9 Å². The molecule has 1 aliphatic heterocycles. The zero-order valence-corrected chi connectivity index (χ0v) is 8.53. The second-order valence-electron chi connectivity index (χ2n) is 4.41. The fraction of sp³-hybridized carbons (Fsp3) is 0.800. The van der Waals surface area contributed by atoms with Gasteiger partial charge in [0.15, 0.2) is 0 Å². The summed E-state index contributed by atoms with van der Waals surface area (Å²) >= 11 is 0. The quantitative estimate of drug-likeness (QED) is 0.593. The molecule has 2 unspecified atom stereocenters. The summed E-state index contributed by atoms with van der Waals surface area (Å²) in [5.41, 5.74) is 0. The second-order valence-corrected chi connectivity index (χ2v) is 4.41. The summed E-state index contributed by atoms with van der Waals surface area (Å²) in [6.07, 6.45) is 2.50. The van der Waals surface area contributed by atoms with E-state index < -0.39 is 5.97 Å². The van der Waals surface area contributed by atoms with Gasteiger partial charge in [-0.2, -0.15) is 0 Å². The van der Waals surface area contributed by atoms with E-state index in [4.69, 9.17) is 5.11 Å². The summed E-state index contributed by atoms with van der Waals surface area (Å²) in [5, 5.41) is 14.8. The number of carboxylic acids is 1. The highest BCUT2D eigenvalue weighted by Crippen LogP contribution is 2.29. The SMILES string of the molecule is O=C(O)C1CNCC(NC(=O)C2CC2)C1. The van der Waals surface area contributed by atoms with Gasteiger partial charge in [0.25, 0.3) is 0 Å². The molecule has 2 fully saturated rings. The molecule has 1 saturated carbocycles. The normalized spacial score (nSPS) is 30.9. The van der Waals surface area contributed by atoms with E-state index in [2.05, 4.69) is 10.6 Å². The summed E-state index contributed by atoms with van der Waals surface area (Å²) in [7, 11) is 0. The van der Waals surface area contributed by atoms with E-state index in [0.29, 0.717) is 19.5 Å². The Morgan fingerprint density at radius 1 is 1.20 bits per heavy atom. The van der Waals surface area contributed by atoms with Gasteiger partial charge in [0.2, 0.25) is 5.91 Å². The largest absolute Gasteiger partial charge is 0.481 e. The van der Waals surface area contributed by atoms with Crippen molar-refractivity contribution in [1.29, 1.82) is 0 Å². The maximum atomic E-state index is 11.5. The van der Waals surface area contributed by atoms with Crippen LogP contribution in [-0.4, -0.2) is 36.1 Å². The third kappa shape index (κ3) is 2.68. The van der Waals surface area contributed by atoms with E-state index in [1.54, 1.807) is 0 Å². The molecular weight excluding hydrogens is 196 g/mol. The molecule has 2 rings (SSSR count). The van der Waals surface area contributed by atoms with Crippen molar-refractivity contribution < 1.29 is 14.7 Å². The van der Waals surface area contributed by atoms with Crippen LogP contribution in [0.25, 0.3) is 0 Å². The molecule has 0 bridgehead atoms. The topological polar surface area (TPSA) is 78.4 Å². The molecule has 0 radical (unpaired) electrons. The lowest BCUT2D eigenvalue weighted by Crippen LogP contribution is -2.50. The Morgan fingerprint density at radius 3 is 2.53 bits per heavy atom. The van der Waals surface area contributed by atoms with Crippen LogP contribution in [0.15, 0.2) is 0 Å². The van der Waals surface area contributed by atoms with Crippen LogP contribution in [0.3, 0.4) is 0 Å². The van der Waals surface area contributed by atoms with Gasteiger partial charge in [-0.1, -0.05) is 0 Å². The van der Waals surface area contributed by atoms with Gasteiger partial charge in [-0.3, -0.25) is 9.59 Å². The van der Waals surface area contributed by atoms with Crippen LogP contribution in [0.1, 0.15) is 19.3 Å². The van der Waals surface area contributed by atoms with Crippen LogP contribution >= 0.6 is 0 Å². The molecule has 1 aliphatic carbocycles. The third-order valence-electron chi connectivity index (χ3n) is 2.99. The van der Waals surface area contributed by atoms with Gasteiger partial charge in [-0.05, 0) is 19.3 Å². The van der Waals surface area contributed by atoms with Crippen LogP contribution in [0.5, 0.6) is 0 Å². The minimum Gasteiger partial charge on any atom is -0.481 e. The number of nitrogens with one attached hydrogen (secondary N) is 2. The molecule has 0 aromatic rings.